The molecule has 23 amide bonds. The minimum absolute atomic E-state index is 0.00706. The maximum absolute atomic E-state index is 14.6. The van der Waals surface area contributed by atoms with Gasteiger partial charge in [0.15, 0.2) is 0 Å². The lowest BCUT2D eigenvalue weighted by molar-refractivity contribution is -0.146. The topological polar surface area (TPSA) is 723 Å². The lowest BCUT2D eigenvalue weighted by Gasteiger charge is -2.36. The molecule has 1 aromatic rings. The number of amides is 23. The van der Waals surface area contributed by atoms with Crippen LogP contribution < -0.4 is 118 Å². The van der Waals surface area contributed by atoms with E-state index in [0.717, 1.165) is 5.56 Å². The molecule has 0 radical (unpaired) electrons. The Hall–Kier alpha value is -13.0. The van der Waals surface area contributed by atoms with Crippen LogP contribution in [0.25, 0.3) is 0 Å². The van der Waals surface area contributed by atoms with E-state index in [2.05, 4.69) is 101 Å². The lowest BCUT2D eigenvalue weighted by atomic mass is 9.93. The van der Waals surface area contributed by atoms with Gasteiger partial charge in [0.05, 0.1) is 19.2 Å². The highest BCUT2D eigenvalue weighted by Gasteiger charge is 2.48. The molecule has 47 nitrogen and oxygen atoms in total. The first kappa shape index (κ1) is 122. The predicted octanol–water partition coefficient (Wildman–Crippen LogP) is -4.65. The summed E-state index contributed by atoms with van der Waals surface area (Å²) in [4.78, 5) is 313. The van der Waals surface area contributed by atoms with Crippen LogP contribution in [0.15, 0.2) is 30.3 Å². The van der Waals surface area contributed by atoms with Crippen molar-refractivity contribution in [3.63, 3.8) is 0 Å². The second-order valence-corrected chi connectivity index (χ2v) is 40.4. The third-order valence-electron chi connectivity index (χ3n) is 22.8. The van der Waals surface area contributed by atoms with Crippen molar-refractivity contribution in [3.05, 3.63) is 35.9 Å². The van der Waals surface area contributed by atoms with Gasteiger partial charge in [-0.3, -0.25) is 110 Å². The van der Waals surface area contributed by atoms with E-state index in [1.54, 1.807) is 71.9 Å². The molecular weight excluding hydrogens is 1810 g/mol. The van der Waals surface area contributed by atoms with Gasteiger partial charge in [-0.15, -0.1) is 0 Å². The van der Waals surface area contributed by atoms with Crippen LogP contribution in [0, 0.1) is 17.8 Å². The summed E-state index contributed by atoms with van der Waals surface area (Å²) < 4.78 is 0. The summed E-state index contributed by atoms with van der Waals surface area (Å²) in [7, 11) is 0. The molecule has 0 aromatic heterocycles. The average molecular weight is 1970 g/mol. The van der Waals surface area contributed by atoms with E-state index in [1.165, 1.54) is 143 Å². The number of carbonyl (C=O) groups is 23. The predicted molar refractivity (Wildman–Crippen MR) is 508 cm³/mol. The van der Waals surface area contributed by atoms with Crippen molar-refractivity contribution in [1.29, 1.82) is 0 Å². The minimum atomic E-state index is -1.91. The summed E-state index contributed by atoms with van der Waals surface area (Å²) in [5.74, 6) is -20.9. The monoisotopic (exact) mass is 1960 g/mol. The van der Waals surface area contributed by atoms with Crippen molar-refractivity contribution in [3.8, 4) is 0 Å². The Bertz CT molecular complexity index is 4640. The maximum Gasteiger partial charge on any atom is 0.248 e. The molecule has 47 heteroatoms. The van der Waals surface area contributed by atoms with Crippen LogP contribution in [0.1, 0.15) is 256 Å². The number of benzene rings is 1. The van der Waals surface area contributed by atoms with Gasteiger partial charge in [-0.1, -0.05) is 78.8 Å². The number of aliphatic hydroxyl groups is 1. The van der Waals surface area contributed by atoms with Gasteiger partial charge in [-0.2, -0.15) is 0 Å². The van der Waals surface area contributed by atoms with Crippen LogP contribution in [-0.2, 0) is 117 Å². The summed E-state index contributed by atoms with van der Waals surface area (Å²) in [5.41, 5.74) is 3.01. The molecule has 1 fully saturated rings. The van der Waals surface area contributed by atoms with Crippen molar-refractivity contribution in [2.75, 3.05) is 19.7 Å². The first-order chi connectivity index (χ1) is 63.7. The maximum atomic E-state index is 14.6. The van der Waals surface area contributed by atoms with Gasteiger partial charge in [-0.25, -0.2) is 0 Å². The molecule has 12 atom stereocenters. The number of primary amides is 3. The van der Waals surface area contributed by atoms with E-state index >= 15 is 0 Å². The number of hydrogen-bond acceptors (Lipinski definition) is 24. The summed E-state index contributed by atoms with van der Waals surface area (Å²) in [5, 5.41) is 58.4. The number of aliphatic hydroxyl groups excluding tert-OH is 1. The zero-order chi connectivity index (χ0) is 107. The van der Waals surface area contributed by atoms with E-state index in [4.69, 9.17) is 17.2 Å². The van der Waals surface area contributed by atoms with Gasteiger partial charge in [-0.05, 0) is 206 Å². The van der Waals surface area contributed by atoms with E-state index < -0.39 is 291 Å². The highest BCUT2D eigenvalue weighted by Crippen LogP contribution is 2.25. The lowest BCUT2D eigenvalue weighted by Crippen LogP contribution is -2.67. The Morgan fingerprint density at radius 1 is 0.388 bits per heavy atom. The quantitative estimate of drug-likeness (QED) is 0.0292. The molecule has 1 saturated heterocycles. The number of hydrogen-bond donors (Lipinski definition) is 23. The number of nitrogens with zero attached hydrogens (tertiary/aromatic N) is 1. The number of nitrogens with one attached hydrogen (secondary N) is 19. The number of rotatable bonds is 56. The van der Waals surface area contributed by atoms with Gasteiger partial charge in [0, 0.05) is 32.7 Å². The molecule has 139 heavy (non-hydrogen) atoms. The molecule has 780 valence electrons. The molecule has 1 aliphatic rings. The molecular formula is C92H153N23O24. The largest absolute Gasteiger partial charge is 0.394 e. The summed E-state index contributed by atoms with van der Waals surface area (Å²) in [6, 6.07) is -5.82. The summed E-state index contributed by atoms with van der Waals surface area (Å²) in [6.07, 6.45) is -1.94. The Balaban J connectivity index is 2.20. The molecule has 26 N–H and O–H groups in total. The number of carbonyl (C=O) groups excluding carboxylic acids is 23. The zero-order valence-corrected chi connectivity index (χ0v) is 85.1. The summed E-state index contributed by atoms with van der Waals surface area (Å²) >= 11 is 0. The van der Waals surface area contributed by atoms with Crippen LogP contribution >= 0.6 is 0 Å². The van der Waals surface area contributed by atoms with Crippen LogP contribution in [0.3, 0.4) is 0 Å². The first-order valence-electron chi connectivity index (χ1n) is 46.4. The Kier molecular flexibility index (Phi) is 46.3. The van der Waals surface area contributed by atoms with Crippen LogP contribution in [0.2, 0.25) is 0 Å². The second kappa shape index (κ2) is 52.7. The molecule has 0 bridgehead atoms. The smallest absolute Gasteiger partial charge is 0.248 e. The summed E-state index contributed by atoms with van der Waals surface area (Å²) in [6.45, 7) is 35.5. The Labute approximate surface area is 812 Å². The fourth-order valence-corrected chi connectivity index (χ4v) is 14.0. The van der Waals surface area contributed by atoms with E-state index in [-0.39, 0.29) is 63.3 Å². The molecule has 1 heterocycles. The molecule has 0 saturated carbocycles. The van der Waals surface area contributed by atoms with Gasteiger partial charge < -0.3 is 128 Å². The molecule has 0 spiro atoms. The van der Waals surface area contributed by atoms with Crippen LogP contribution in [-0.4, -0.2) is 276 Å². The van der Waals surface area contributed by atoms with Crippen molar-refractivity contribution in [2.45, 2.75) is 368 Å². The van der Waals surface area contributed by atoms with Crippen molar-refractivity contribution >= 4 is 136 Å². The van der Waals surface area contributed by atoms with Crippen molar-refractivity contribution in [2.24, 2.45) is 35.0 Å². The molecule has 1 aromatic carbocycles. The van der Waals surface area contributed by atoms with Gasteiger partial charge in [0.25, 0.3) is 0 Å². The molecule has 12 unspecified atom stereocenters. The average Bonchev–Trinajstić information content (AvgIpc) is 1.69. The van der Waals surface area contributed by atoms with Crippen LogP contribution in [0.4, 0.5) is 0 Å². The third-order valence-corrected chi connectivity index (χ3v) is 22.8. The third kappa shape index (κ3) is 39.8. The fraction of sp³-hybridized carbons (Fsp3) is 0.685. The Morgan fingerprint density at radius 2 is 0.748 bits per heavy atom. The van der Waals surface area contributed by atoms with Gasteiger partial charge >= 0.3 is 0 Å². The minimum Gasteiger partial charge on any atom is -0.394 e. The normalized spacial score (nSPS) is 15.6. The van der Waals surface area contributed by atoms with E-state index in [1.807, 2.05) is 0 Å². The number of nitrogens with two attached hydrogens (primary N) is 3. The zero-order valence-electron chi connectivity index (χ0n) is 85.1. The van der Waals surface area contributed by atoms with Crippen molar-refractivity contribution < 1.29 is 115 Å². The Morgan fingerprint density at radius 3 is 1.17 bits per heavy atom. The van der Waals surface area contributed by atoms with E-state index in [0.29, 0.717) is 6.42 Å². The number of likely N-dealkylation sites (tertiary alicyclic amines) is 1. The van der Waals surface area contributed by atoms with Gasteiger partial charge in [0.1, 0.15) is 105 Å². The van der Waals surface area contributed by atoms with Crippen LogP contribution in [0.5, 0.6) is 0 Å². The highest BCUT2D eigenvalue weighted by molar-refractivity contribution is 6.05. The first-order valence-corrected chi connectivity index (χ1v) is 46.4. The standard InChI is InChI=1S/C92H153N23O24/c1-27-92(26,83(138)104-57(36-39-63(94)119)71(126)103-56(35-38-62(93)118)70(125)100-55(46-116)44-54-32-29-28-30-33-54)114-82(137)90(22,23)113-76(131)66(49(6)7)106-75(130)61-34-31-41-115(61)84(139)91(24,25)112-73(128)59(42-47(2)3)101-65(121)45-96-77(132)85(12,13)111-74(129)60(43-48(4)5)105-81(136)89(20,21)110-72(127)58(37-40-64(95)120)102-67(122)50(8)97-79(134)87(16,17)108-69(124)52(10)99-80(135)88(18,19)109-68(123)51(9)98-78(133)86(14,15)107-53(11)117/h28-30,32-33,47-52,55-61,66,116H,27,31,34-46H2,1-26H3,(H2,93,118)(H2,94,119)(H2,95,120)(H,96,132)(H,97,134)(H,98,133)(H,99,135)(H,100,125)(H,101,121)(H,102,122)(H,103,126)(H,104,138)(H,105,136)(H,106,130)(H,107,117)(H,108,124)(H,109,123)(H,110,127)(H,111,129)(H,112,128)(H,113,131)(H,114,137). The van der Waals surface area contributed by atoms with Crippen molar-refractivity contribution in [1.82, 2.24) is 106 Å². The second-order valence-electron chi connectivity index (χ2n) is 40.4. The molecule has 1 aliphatic heterocycles. The van der Waals surface area contributed by atoms with Gasteiger partial charge in [0.2, 0.25) is 136 Å². The highest BCUT2D eigenvalue weighted by atomic mass is 16.3. The molecule has 2 rings (SSSR count). The fourth-order valence-electron chi connectivity index (χ4n) is 14.0. The molecule has 0 aliphatic carbocycles. The SMILES string of the molecule is CCC(C)(NC(=O)C(C)(C)NC(=O)C(NC(=O)C1CCCN1C(=O)C(C)(C)NC(=O)C(CC(C)C)NC(=O)CNC(=O)C(C)(C)NC(=O)C(CC(C)C)NC(=O)C(C)(C)NC(=O)C(CCC(N)=O)NC(=O)C(C)NC(=O)C(C)(C)NC(=O)C(C)NC(=O)C(C)(C)NC(=O)C(C)NC(=O)C(C)(C)NC(C)=O)C(C)C)C(=O)NC(CCC(N)=O)C(=O)NC(CCC(N)=O)C(=O)NC(CO)Cc1ccccc1. The van der Waals surface area contributed by atoms with E-state index in [9.17, 15) is 115 Å².